The summed E-state index contributed by atoms with van der Waals surface area (Å²) in [5.74, 6) is -0.232. The van der Waals surface area contributed by atoms with Crippen LogP contribution in [0.3, 0.4) is 0 Å². The fourth-order valence-electron chi connectivity index (χ4n) is 3.71. The van der Waals surface area contributed by atoms with Crippen molar-refractivity contribution in [1.82, 2.24) is 9.88 Å². The van der Waals surface area contributed by atoms with Gasteiger partial charge in [-0.1, -0.05) is 18.2 Å². The average Bonchev–Trinajstić information content (AvgIpc) is 2.67. The molecule has 3 rings (SSSR count). The van der Waals surface area contributed by atoms with Crippen LogP contribution in [0.15, 0.2) is 42.6 Å². The number of benzene rings is 1. The van der Waals surface area contributed by atoms with Gasteiger partial charge in [-0.3, -0.25) is 9.78 Å². The molecule has 0 atom stereocenters. The average molecular weight is 372 g/mol. The zero-order valence-corrected chi connectivity index (χ0v) is 15.4. The van der Waals surface area contributed by atoms with Gasteiger partial charge in [0, 0.05) is 19.5 Å². The summed E-state index contributed by atoms with van der Waals surface area (Å²) >= 11 is 0. The zero-order chi connectivity index (χ0) is 19.4. The molecule has 27 heavy (non-hydrogen) atoms. The molecule has 5 nitrogen and oxygen atoms in total. The topological polar surface area (TPSA) is 73.7 Å². The first kappa shape index (κ1) is 19.3. The van der Waals surface area contributed by atoms with Crippen molar-refractivity contribution in [3.8, 4) is 5.75 Å². The molecule has 1 heterocycles. The van der Waals surface area contributed by atoms with Crippen LogP contribution in [0, 0.1) is 5.82 Å². The number of aromatic hydroxyl groups is 1. The third-order valence-electron chi connectivity index (χ3n) is 5.51. The third-order valence-corrected chi connectivity index (χ3v) is 5.51. The second-order valence-electron chi connectivity index (χ2n) is 7.26. The minimum atomic E-state index is -1.03. The number of aromatic nitrogens is 1. The maximum Gasteiger partial charge on any atom is 0.222 e. The lowest BCUT2D eigenvalue weighted by Gasteiger charge is -2.39. The molecule has 0 radical (unpaired) electrons. The molecule has 0 spiro atoms. The minimum Gasteiger partial charge on any atom is -0.506 e. The van der Waals surface area contributed by atoms with E-state index in [0.29, 0.717) is 43.4 Å². The standard InChI is InChI=1S/C21H25FN2O3/c1-24(20(26)9-6-15-4-2-3-5-18(15)22)16-10-12-21(27,13-11-16)19-8-7-17(25)14-23-19/h2-5,7-8,14,16,25,27H,6,9-13H2,1H3/t16-,21-. The van der Waals surface area contributed by atoms with Crippen LogP contribution in [0.5, 0.6) is 5.75 Å². The smallest absolute Gasteiger partial charge is 0.222 e. The molecule has 0 saturated heterocycles. The van der Waals surface area contributed by atoms with Crippen LogP contribution in [0.4, 0.5) is 4.39 Å². The zero-order valence-electron chi connectivity index (χ0n) is 15.4. The van der Waals surface area contributed by atoms with Gasteiger partial charge in [-0.15, -0.1) is 0 Å². The molecule has 2 aromatic rings. The highest BCUT2D eigenvalue weighted by Crippen LogP contribution is 2.37. The van der Waals surface area contributed by atoms with E-state index in [4.69, 9.17) is 0 Å². The van der Waals surface area contributed by atoms with E-state index < -0.39 is 5.60 Å². The van der Waals surface area contributed by atoms with Crippen molar-refractivity contribution in [2.45, 2.75) is 50.2 Å². The first-order chi connectivity index (χ1) is 12.9. The Morgan fingerprint density at radius 1 is 1.26 bits per heavy atom. The molecule has 1 amide bonds. The van der Waals surface area contributed by atoms with Crippen LogP contribution in [0.1, 0.15) is 43.4 Å². The van der Waals surface area contributed by atoms with Gasteiger partial charge < -0.3 is 15.1 Å². The summed E-state index contributed by atoms with van der Waals surface area (Å²) in [6.45, 7) is 0. The summed E-state index contributed by atoms with van der Waals surface area (Å²) in [6.07, 6.45) is 4.31. The number of rotatable bonds is 5. The Morgan fingerprint density at radius 2 is 1.96 bits per heavy atom. The number of carbonyl (C=O) groups excluding carboxylic acids is 1. The van der Waals surface area contributed by atoms with E-state index in [1.54, 1.807) is 36.2 Å². The number of amides is 1. The fraction of sp³-hybridized carbons (Fsp3) is 0.429. The Balaban J connectivity index is 1.54. The quantitative estimate of drug-likeness (QED) is 0.846. The van der Waals surface area contributed by atoms with Crippen LogP contribution in [-0.4, -0.2) is 39.1 Å². The van der Waals surface area contributed by atoms with Crippen LogP contribution in [0.2, 0.25) is 0 Å². The van der Waals surface area contributed by atoms with Gasteiger partial charge >= 0.3 is 0 Å². The Hall–Kier alpha value is -2.47. The number of aliphatic hydroxyl groups is 1. The molecular formula is C21H25FN2O3. The monoisotopic (exact) mass is 372 g/mol. The van der Waals surface area contributed by atoms with Gasteiger partial charge in [-0.25, -0.2) is 4.39 Å². The maximum absolute atomic E-state index is 13.7. The summed E-state index contributed by atoms with van der Waals surface area (Å²) in [5, 5.41) is 20.2. The SMILES string of the molecule is CN(C(=O)CCc1ccccc1F)[C@H]1CC[C@@](O)(c2ccc(O)cn2)CC1. The molecule has 1 aliphatic carbocycles. The Labute approximate surface area is 158 Å². The van der Waals surface area contributed by atoms with Crippen molar-refractivity contribution in [2.24, 2.45) is 0 Å². The van der Waals surface area contributed by atoms with Gasteiger partial charge in [0.2, 0.25) is 5.91 Å². The second kappa shape index (κ2) is 8.05. The van der Waals surface area contributed by atoms with Gasteiger partial charge in [0.05, 0.1) is 11.9 Å². The maximum atomic E-state index is 13.7. The van der Waals surface area contributed by atoms with Crippen molar-refractivity contribution in [2.75, 3.05) is 7.05 Å². The number of hydrogen-bond donors (Lipinski definition) is 2. The van der Waals surface area contributed by atoms with Crippen LogP contribution in [0.25, 0.3) is 0 Å². The normalized spacial score (nSPS) is 22.4. The molecular weight excluding hydrogens is 347 g/mol. The van der Waals surface area contributed by atoms with E-state index in [-0.39, 0.29) is 29.9 Å². The van der Waals surface area contributed by atoms with Crippen molar-refractivity contribution < 1.29 is 19.4 Å². The number of nitrogens with zero attached hydrogens (tertiary/aromatic N) is 2. The molecule has 1 fully saturated rings. The van der Waals surface area contributed by atoms with E-state index >= 15 is 0 Å². The molecule has 1 saturated carbocycles. The van der Waals surface area contributed by atoms with Crippen molar-refractivity contribution in [3.05, 3.63) is 59.7 Å². The number of aryl methyl sites for hydroxylation is 1. The fourth-order valence-corrected chi connectivity index (χ4v) is 3.71. The van der Waals surface area contributed by atoms with Crippen LogP contribution in [-0.2, 0) is 16.8 Å². The Kier molecular flexibility index (Phi) is 5.75. The van der Waals surface area contributed by atoms with E-state index in [2.05, 4.69) is 4.98 Å². The lowest BCUT2D eigenvalue weighted by atomic mass is 9.79. The van der Waals surface area contributed by atoms with Gasteiger partial charge in [0.15, 0.2) is 0 Å². The Bertz CT molecular complexity index is 786. The third kappa shape index (κ3) is 4.45. The summed E-state index contributed by atoms with van der Waals surface area (Å²) in [6, 6.07) is 9.72. The molecule has 144 valence electrons. The summed E-state index contributed by atoms with van der Waals surface area (Å²) < 4.78 is 13.7. The van der Waals surface area contributed by atoms with E-state index in [9.17, 15) is 19.4 Å². The first-order valence-electron chi connectivity index (χ1n) is 9.26. The number of hydrogen-bond acceptors (Lipinski definition) is 4. The number of pyridine rings is 1. The lowest BCUT2D eigenvalue weighted by molar-refractivity contribution is -0.134. The lowest BCUT2D eigenvalue weighted by Crippen LogP contribution is -2.43. The highest BCUT2D eigenvalue weighted by atomic mass is 19.1. The largest absolute Gasteiger partial charge is 0.506 e. The number of carbonyl (C=O) groups is 1. The van der Waals surface area contributed by atoms with Crippen molar-refractivity contribution in [1.29, 1.82) is 0 Å². The number of halogens is 1. The van der Waals surface area contributed by atoms with Gasteiger partial charge in [-0.05, 0) is 55.9 Å². The molecule has 0 unspecified atom stereocenters. The minimum absolute atomic E-state index is 0.0172. The molecule has 1 aliphatic rings. The van der Waals surface area contributed by atoms with Crippen molar-refractivity contribution >= 4 is 5.91 Å². The van der Waals surface area contributed by atoms with Crippen LogP contribution >= 0.6 is 0 Å². The molecule has 2 N–H and O–H groups in total. The summed E-state index contributed by atoms with van der Waals surface area (Å²) in [5.41, 5.74) is 0.0734. The molecule has 0 aliphatic heterocycles. The second-order valence-corrected chi connectivity index (χ2v) is 7.26. The molecule has 1 aromatic heterocycles. The first-order valence-corrected chi connectivity index (χ1v) is 9.26. The highest BCUT2D eigenvalue weighted by Gasteiger charge is 2.37. The van der Waals surface area contributed by atoms with Crippen LogP contribution < -0.4 is 0 Å². The summed E-state index contributed by atoms with van der Waals surface area (Å²) in [7, 11) is 1.78. The highest BCUT2D eigenvalue weighted by molar-refractivity contribution is 5.76. The molecule has 1 aromatic carbocycles. The predicted octanol–water partition coefficient (Wildman–Crippen LogP) is 3.15. The van der Waals surface area contributed by atoms with E-state index in [1.165, 1.54) is 18.3 Å². The van der Waals surface area contributed by atoms with Crippen molar-refractivity contribution in [3.63, 3.8) is 0 Å². The van der Waals surface area contributed by atoms with Gasteiger partial charge in [0.25, 0.3) is 0 Å². The summed E-state index contributed by atoms with van der Waals surface area (Å²) in [4.78, 5) is 18.4. The Morgan fingerprint density at radius 3 is 2.59 bits per heavy atom. The van der Waals surface area contributed by atoms with Gasteiger partial charge in [-0.2, -0.15) is 0 Å². The van der Waals surface area contributed by atoms with E-state index in [1.807, 2.05) is 0 Å². The van der Waals surface area contributed by atoms with E-state index in [0.717, 1.165) is 0 Å². The molecule has 0 bridgehead atoms. The predicted molar refractivity (Wildman–Crippen MR) is 99.5 cm³/mol. The molecule has 6 heteroatoms. The van der Waals surface area contributed by atoms with Gasteiger partial charge in [0.1, 0.15) is 17.2 Å².